The molecule has 0 saturated carbocycles. The van der Waals surface area contributed by atoms with Gasteiger partial charge in [0.25, 0.3) is 0 Å². The van der Waals surface area contributed by atoms with Crippen molar-refractivity contribution in [3.63, 3.8) is 0 Å². The summed E-state index contributed by atoms with van der Waals surface area (Å²) in [7, 11) is -3.06. The van der Waals surface area contributed by atoms with Gasteiger partial charge in [0, 0.05) is 0 Å². The Hall–Kier alpha value is -0.486. The van der Waals surface area contributed by atoms with Gasteiger partial charge in [0.05, 0.1) is 12.1 Å². The molecule has 82 valence electrons. The highest BCUT2D eigenvalue weighted by molar-refractivity contribution is 6.69. The molecule has 0 aromatic heterocycles. The summed E-state index contributed by atoms with van der Waals surface area (Å²) in [4.78, 5) is 0. The van der Waals surface area contributed by atoms with E-state index in [1.165, 1.54) is 0 Å². The van der Waals surface area contributed by atoms with Gasteiger partial charge in [0.2, 0.25) is 16.6 Å². The van der Waals surface area contributed by atoms with Gasteiger partial charge in [-0.25, -0.2) is 11.0 Å². The molecule has 0 aromatic rings. The minimum atomic E-state index is -1.53. The SMILES string of the molecule is C[Si](C)(C)ONC#CNO[Si](C)(C)C. The van der Waals surface area contributed by atoms with E-state index in [1.807, 2.05) is 0 Å². The van der Waals surface area contributed by atoms with Crippen LogP contribution in [0.25, 0.3) is 0 Å². The van der Waals surface area contributed by atoms with Crippen LogP contribution < -0.4 is 11.0 Å². The van der Waals surface area contributed by atoms with Crippen LogP contribution >= 0.6 is 0 Å². The largest absolute Gasteiger partial charge is 0.315 e. The van der Waals surface area contributed by atoms with Crippen LogP contribution in [0.4, 0.5) is 0 Å². The predicted octanol–water partition coefficient (Wildman–Crippen LogP) is 1.62. The van der Waals surface area contributed by atoms with Gasteiger partial charge in [-0.15, -0.1) is 0 Å². The fourth-order valence-electron chi connectivity index (χ4n) is 0.408. The summed E-state index contributed by atoms with van der Waals surface area (Å²) < 4.78 is 10.6. The average Bonchev–Trinajstić information content (AvgIpc) is 1.92. The van der Waals surface area contributed by atoms with Gasteiger partial charge in [-0.1, -0.05) is 0 Å². The monoisotopic (exact) mass is 232 g/mol. The third-order valence-corrected chi connectivity index (χ3v) is 2.31. The molecule has 0 aliphatic heterocycles. The summed E-state index contributed by atoms with van der Waals surface area (Å²) in [6.07, 6.45) is 0. The van der Waals surface area contributed by atoms with Crippen molar-refractivity contribution >= 4 is 16.6 Å². The average molecular weight is 232 g/mol. The molecule has 0 radical (unpaired) electrons. The number of rotatable bonds is 4. The number of hydrogen-bond donors (Lipinski definition) is 2. The number of hydroxylamine groups is 2. The van der Waals surface area contributed by atoms with Gasteiger partial charge in [-0.3, -0.25) is 0 Å². The molecular formula is C8H20N2O2Si2. The summed E-state index contributed by atoms with van der Waals surface area (Å²) in [5, 5.41) is 0. The molecule has 0 spiro atoms. The molecular weight excluding hydrogens is 212 g/mol. The van der Waals surface area contributed by atoms with Crippen molar-refractivity contribution in [2.75, 3.05) is 0 Å². The highest BCUT2D eigenvalue weighted by atomic mass is 28.4. The minimum Gasteiger partial charge on any atom is -0.315 e. The van der Waals surface area contributed by atoms with Crippen LogP contribution in [0, 0.1) is 12.1 Å². The second kappa shape index (κ2) is 5.41. The first kappa shape index (κ1) is 13.5. The Bertz CT molecular complexity index is 200. The van der Waals surface area contributed by atoms with E-state index in [-0.39, 0.29) is 0 Å². The van der Waals surface area contributed by atoms with Crippen molar-refractivity contribution in [3.05, 3.63) is 0 Å². The maximum absolute atomic E-state index is 5.29. The van der Waals surface area contributed by atoms with E-state index in [1.54, 1.807) is 0 Å². The Balaban J connectivity index is 3.56. The molecule has 0 bridgehead atoms. The third kappa shape index (κ3) is 11.5. The molecule has 0 unspecified atom stereocenters. The second-order valence-corrected chi connectivity index (χ2v) is 13.7. The molecule has 0 rings (SSSR count). The van der Waals surface area contributed by atoms with Crippen molar-refractivity contribution in [2.45, 2.75) is 39.3 Å². The van der Waals surface area contributed by atoms with E-state index in [9.17, 15) is 0 Å². The van der Waals surface area contributed by atoms with Crippen LogP contribution in [0.3, 0.4) is 0 Å². The van der Waals surface area contributed by atoms with E-state index in [2.05, 4.69) is 62.3 Å². The molecule has 6 heteroatoms. The summed E-state index contributed by atoms with van der Waals surface area (Å²) in [5.41, 5.74) is 5.17. The molecule has 0 aliphatic rings. The van der Waals surface area contributed by atoms with Gasteiger partial charge >= 0.3 is 0 Å². The number of hydrogen-bond acceptors (Lipinski definition) is 4. The van der Waals surface area contributed by atoms with Gasteiger partial charge in [0.1, 0.15) is 0 Å². The standard InChI is InChI=1S/C8H20N2O2Si2/c1-13(2,3)11-9-7-8-10-12-14(4,5)6/h9-10H,1-6H3. The molecule has 0 saturated heterocycles. The topological polar surface area (TPSA) is 42.5 Å². The fourth-order valence-corrected chi connectivity index (χ4v) is 1.12. The van der Waals surface area contributed by atoms with Crippen LogP contribution in [0.15, 0.2) is 0 Å². The third-order valence-electron chi connectivity index (χ3n) is 0.879. The Morgan fingerprint density at radius 2 is 1.00 bits per heavy atom. The Kier molecular flexibility index (Phi) is 5.22. The summed E-state index contributed by atoms with van der Waals surface area (Å²) in [6, 6.07) is 5.23. The lowest BCUT2D eigenvalue weighted by Gasteiger charge is -2.15. The second-order valence-electron chi connectivity index (χ2n) is 4.88. The molecule has 0 aliphatic carbocycles. The Morgan fingerprint density at radius 1 is 0.714 bits per heavy atom. The quantitative estimate of drug-likeness (QED) is 0.334. The van der Waals surface area contributed by atoms with Crippen LogP contribution in [-0.2, 0) is 9.05 Å². The van der Waals surface area contributed by atoms with Crippen molar-refractivity contribution < 1.29 is 9.05 Å². The molecule has 0 aromatic carbocycles. The highest BCUT2D eigenvalue weighted by Gasteiger charge is 2.14. The first-order chi connectivity index (χ1) is 6.21. The highest BCUT2D eigenvalue weighted by Crippen LogP contribution is 1.98. The van der Waals surface area contributed by atoms with E-state index in [0.29, 0.717) is 0 Å². The Labute approximate surface area is 88.5 Å². The Morgan fingerprint density at radius 3 is 1.21 bits per heavy atom. The lowest BCUT2D eigenvalue weighted by molar-refractivity contribution is 0.234. The van der Waals surface area contributed by atoms with Crippen molar-refractivity contribution in [1.82, 2.24) is 11.0 Å². The van der Waals surface area contributed by atoms with E-state index < -0.39 is 16.6 Å². The zero-order valence-corrected chi connectivity index (χ0v) is 11.8. The van der Waals surface area contributed by atoms with Gasteiger partial charge < -0.3 is 9.05 Å². The first-order valence-electron chi connectivity index (χ1n) is 4.57. The zero-order valence-electron chi connectivity index (χ0n) is 9.82. The smallest absolute Gasteiger partial charge is 0.221 e. The van der Waals surface area contributed by atoms with Crippen molar-refractivity contribution in [3.8, 4) is 12.1 Å². The van der Waals surface area contributed by atoms with Crippen molar-refractivity contribution in [2.24, 2.45) is 0 Å². The van der Waals surface area contributed by atoms with Crippen LogP contribution in [-0.4, -0.2) is 16.6 Å². The molecule has 0 amide bonds. The molecule has 14 heavy (non-hydrogen) atoms. The van der Waals surface area contributed by atoms with Gasteiger partial charge in [-0.05, 0) is 39.3 Å². The van der Waals surface area contributed by atoms with E-state index in [4.69, 9.17) is 9.05 Å². The van der Waals surface area contributed by atoms with Crippen LogP contribution in [0.2, 0.25) is 39.3 Å². The molecule has 0 heterocycles. The summed E-state index contributed by atoms with van der Waals surface area (Å²) >= 11 is 0. The van der Waals surface area contributed by atoms with Crippen LogP contribution in [0.1, 0.15) is 0 Å². The summed E-state index contributed by atoms with van der Waals surface area (Å²) in [6.45, 7) is 12.5. The van der Waals surface area contributed by atoms with Crippen molar-refractivity contribution in [1.29, 1.82) is 0 Å². The molecule has 0 fully saturated rings. The minimum absolute atomic E-state index is 1.53. The van der Waals surface area contributed by atoms with E-state index >= 15 is 0 Å². The molecule has 2 N–H and O–H groups in total. The fraction of sp³-hybridized carbons (Fsp3) is 0.750. The van der Waals surface area contributed by atoms with Gasteiger partial charge in [0.15, 0.2) is 0 Å². The lowest BCUT2D eigenvalue weighted by Crippen LogP contribution is -2.33. The predicted molar refractivity (Wildman–Crippen MR) is 62.9 cm³/mol. The molecule has 0 atom stereocenters. The van der Waals surface area contributed by atoms with Crippen LogP contribution in [0.5, 0.6) is 0 Å². The summed E-state index contributed by atoms with van der Waals surface area (Å²) in [5.74, 6) is 0. The maximum Gasteiger partial charge on any atom is 0.221 e. The first-order valence-corrected chi connectivity index (χ1v) is 11.4. The maximum atomic E-state index is 5.29. The normalized spacial score (nSPS) is 11.6. The number of nitrogens with one attached hydrogen (secondary N) is 2. The lowest BCUT2D eigenvalue weighted by atomic mass is 11.1. The zero-order chi connectivity index (χ0) is 11.2. The van der Waals surface area contributed by atoms with Gasteiger partial charge in [-0.2, -0.15) is 0 Å². The van der Waals surface area contributed by atoms with E-state index in [0.717, 1.165) is 0 Å². The molecule has 4 nitrogen and oxygen atoms in total.